The van der Waals surface area contributed by atoms with Crippen LogP contribution in [0.3, 0.4) is 0 Å². The normalized spacial score (nSPS) is 10.0. The summed E-state index contributed by atoms with van der Waals surface area (Å²) >= 11 is 0. The number of methoxy groups -OCH3 is 1. The topological polar surface area (TPSA) is 46.6 Å². The molecule has 1 amide bonds. The molecule has 18 heavy (non-hydrogen) atoms. The summed E-state index contributed by atoms with van der Waals surface area (Å²) in [5.74, 6) is 0.146. The van der Waals surface area contributed by atoms with Gasteiger partial charge in [-0.1, -0.05) is 6.07 Å². The zero-order valence-corrected chi connectivity index (χ0v) is 11.3. The fourth-order valence-electron chi connectivity index (χ4n) is 1.92. The molecule has 1 aromatic rings. The number of hydrogen-bond donors (Lipinski definition) is 0. The number of benzene rings is 1. The second kappa shape index (κ2) is 6.19. The zero-order chi connectivity index (χ0) is 13.7. The molecule has 0 radical (unpaired) electrons. The maximum absolute atomic E-state index is 12.3. The van der Waals surface area contributed by atoms with Gasteiger partial charge >= 0.3 is 0 Å². The van der Waals surface area contributed by atoms with Crippen LogP contribution in [0.15, 0.2) is 18.2 Å². The molecule has 0 saturated carbocycles. The van der Waals surface area contributed by atoms with E-state index in [-0.39, 0.29) is 11.7 Å². The highest BCUT2D eigenvalue weighted by molar-refractivity contribution is 6.09. The minimum atomic E-state index is -0.164. The van der Waals surface area contributed by atoms with Gasteiger partial charge in [0.2, 0.25) is 0 Å². The van der Waals surface area contributed by atoms with Gasteiger partial charge in [-0.05, 0) is 32.9 Å². The van der Waals surface area contributed by atoms with E-state index in [1.807, 2.05) is 13.8 Å². The predicted octanol–water partition coefficient (Wildman–Crippen LogP) is 2.38. The molecule has 1 rings (SSSR count). The number of Topliss-reactive ketones (excluding diaryl/α,β-unsaturated/α-hetero) is 1. The zero-order valence-electron chi connectivity index (χ0n) is 11.3. The molecule has 98 valence electrons. The number of amides is 1. The number of hydrogen-bond acceptors (Lipinski definition) is 3. The van der Waals surface area contributed by atoms with Gasteiger partial charge in [0, 0.05) is 13.1 Å². The monoisotopic (exact) mass is 249 g/mol. The minimum absolute atomic E-state index is 0.135. The van der Waals surface area contributed by atoms with Crippen molar-refractivity contribution in [3.63, 3.8) is 0 Å². The highest BCUT2D eigenvalue weighted by Gasteiger charge is 2.21. The summed E-state index contributed by atoms with van der Waals surface area (Å²) in [5.41, 5.74) is 0.766. The number of nitrogens with zero attached hydrogens (tertiary/aromatic N) is 1. The van der Waals surface area contributed by atoms with Gasteiger partial charge in [0.1, 0.15) is 5.75 Å². The van der Waals surface area contributed by atoms with E-state index in [0.717, 1.165) is 0 Å². The molecule has 0 atom stereocenters. The molecule has 4 nitrogen and oxygen atoms in total. The Morgan fingerprint density at radius 2 is 1.83 bits per heavy atom. The standard InChI is InChI=1S/C14H19NO3/c1-5-15(6-2)14(17)11-8-7-9-12(18-4)13(11)10(3)16/h7-9H,5-6H2,1-4H3. The summed E-state index contributed by atoms with van der Waals surface area (Å²) in [6.45, 7) is 6.49. The fraction of sp³-hybridized carbons (Fsp3) is 0.429. The Hall–Kier alpha value is -1.84. The van der Waals surface area contributed by atoms with Gasteiger partial charge in [-0.25, -0.2) is 0 Å². The second-order valence-corrected chi connectivity index (χ2v) is 3.92. The predicted molar refractivity (Wildman–Crippen MR) is 70.3 cm³/mol. The third-order valence-corrected chi connectivity index (χ3v) is 2.88. The van der Waals surface area contributed by atoms with Crippen LogP contribution in [0.5, 0.6) is 5.75 Å². The molecular formula is C14H19NO3. The summed E-state index contributed by atoms with van der Waals surface area (Å²) in [6.07, 6.45) is 0. The van der Waals surface area contributed by atoms with Gasteiger partial charge in [-0.3, -0.25) is 9.59 Å². The number of ketones is 1. The number of rotatable bonds is 5. The van der Waals surface area contributed by atoms with Gasteiger partial charge in [-0.2, -0.15) is 0 Å². The lowest BCUT2D eigenvalue weighted by atomic mass is 10.0. The first-order chi connectivity index (χ1) is 8.56. The molecule has 0 aromatic heterocycles. The molecule has 0 N–H and O–H groups in total. The Kier molecular flexibility index (Phi) is 4.89. The highest BCUT2D eigenvalue weighted by Crippen LogP contribution is 2.24. The van der Waals surface area contributed by atoms with Crippen molar-refractivity contribution in [2.75, 3.05) is 20.2 Å². The summed E-state index contributed by atoms with van der Waals surface area (Å²) in [5, 5.41) is 0. The largest absolute Gasteiger partial charge is 0.496 e. The van der Waals surface area contributed by atoms with Gasteiger partial charge < -0.3 is 9.64 Å². The van der Waals surface area contributed by atoms with E-state index in [9.17, 15) is 9.59 Å². The number of carbonyl (C=O) groups is 2. The molecule has 0 heterocycles. The average Bonchev–Trinajstić information content (AvgIpc) is 2.38. The average molecular weight is 249 g/mol. The second-order valence-electron chi connectivity index (χ2n) is 3.92. The Morgan fingerprint density at radius 3 is 2.28 bits per heavy atom. The number of carbonyl (C=O) groups excluding carboxylic acids is 2. The van der Waals surface area contributed by atoms with Crippen LogP contribution in [0.1, 0.15) is 41.5 Å². The molecular weight excluding hydrogens is 230 g/mol. The first-order valence-electron chi connectivity index (χ1n) is 6.03. The molecule has 0 aliphatic carbocycles. The Labute approximate surface area is 108 Å². The Balaban J connectivity index is 3.31. The van der Waals surface area contributed by atoms with Crippen molar-refractivity contribution in [2.24, 2.45) is 0 Å². The number of ether oxygens (including phenoxy) is 1. The van der Waals surface area contributed by atoms with Crippen molar-refractivity contribution >= 4 is 11.7 Å². The van der Waals surface area contributed by atoms with Gasteiger partial charge in [-0.15, -0.1) is 0 Å². The van der Waals surface area contributed by atoms with Crippen LogP contribution in [0.2, 0.25) is 0 Å². The summed E-state index contributed by atoms with van der Waals surface area (Å²) in [4.78, 5) is 25.7. The van der Waals surface area contributed by atoms with Crippen molar-refractivity contribution in [3.8, 4) is 5.75 Å². The molecule has 0 spiro atoms. The van der Waals surface area contributed by atoms with E-state index < -0.39 is 0 Å². The van der Waals surface area contributed by atoms with Crippen LogP contribution in [-0.4, -0.2) is 36.8 Å². The molecule has 0 aliphatic heterocycles. The quantitative estimate of drug-likeness (QED) is 0.753. The molecule has 0 bridgehead atoms. The maximum atomic E-state index is 12.3. The lowest BCUT2D eigenvalue weighted by Gasteiger charge is -2.20. The van der Waals surface area contributed by atoms with Crippen LogP contribution >= 0.6 is 0 Å². The van der Waals surface area contributed by atoms with E-state index >= 15 is 0 Å². The molecule has 0 aliphatic rings. The van der Waals surface area contributed by atoms with Crippen LogP contribution in [-0.2, 0) is 0 Å². The lowest BCUT2D eigenvalue weighted by molar-refractivity contribution is 0.0767. The minimum Gasteiger partial charge on any atom is -0.496 e. The summed E-state index contributed by atoms with van der Waals surface area (Å²) in [7, 11) is 1.49. The highest BCUT2D eigenvalue weighted by atomic mass is 16.5. The van der Waals surface area contributed by atoms with Crippen molar-refractivity contribution in [1.82, 2.24) is 4.90 Å². The van der Waals surface area contributed by atoms with Crippen LogP contribution in [0.4, 0.5) is 0 Å². The van der Waals surface area contributed by atoms with Crippen LogP contribution in [0.25, 0.3) is 0 Å². The molecule has 1 aromatic carbocycles. The lowest BCUT2D eigenvalue weighted by Crippen LogP contribution is -2.31. The van der Waals surface area contributed by atoms with Crippen molar-refractivity contribution in [3.05, 3.63) is 29.3 Å². The van der Waals surface area contributed by atoms with Crippen molar-refractivity contribution < 1.29 is 14.3 Å². The first-order valence-corrected chi connectivity index (χ1v) is 6.03. The summed E-state index contributed by atoms with van der Waals surface area (Å²) < 4.78 is 5.15. The third kappa shape index (κ3) is 2.70. The van der Waals surface area contributed by atoms with Crippen molar-refractivity contribution in [2.45, 2.75) is 20.8 Å². The van der Waals surface area contributed by atoms with E-state index in [1.54, 1.807) is 23.1 Å². The van der Waals surface area contributed by atoms with Gasteiger partial charge in [0.05, 0.1) is 18.2 Å². The fourth-order valence-corrected chi connectivity index (χ4v) is 1.92. The SMILES string of the molecule is CCN(CC)C(=O)c1cccc(OC)c1C(C)=O. The van der Waals surface area contributed by atoms with Crippen LogP contribution in [0, 0.1) is 0 Å². The van der Waals surface area contributed by atoms with E-state index in [1.165, 1.54) is 14.0 Å². The molecule has 0 unspecified atom stereocenters. The van der Waals surface area contributed by atoms with E-state index in [4.69, 9.17) is 4.74 Å². The van der Waals surface area contributed by atoms with Crippen molar-refractivity contribution in [1.29, 1.82) is 0 Å². The molecule has 4 heteroatoms. The Morgan fingerprint density at radius 1 is 1.22 bits per heavy atom. The van der Waals surface area contributed by atoms with E-state index in [0.29, 0.717) is 30.0 Å². The Bertz CT molecular complexity index is 450. The maximum Gasteiger partial charge on any atom is 0.254 e. The van der Waals surface area contributed by atoms with Gasteiger partial charge in [0.25, 0.3) is 5.91 Å². The third-order valence-electron chi connectivity index (χ3n) is 2.88. The molecule has 0 saturated heterocycles. The smallest absolute Gasteiger partial charge is 0.254 e. The van der Waals surface area contributed by atoms with Crippen LogP contribution < -0.4 is 4.74 Å². The van der Waals surface area contributed by atoms with E-state index in [2.05, 4.69) is 0 Å². The van der Waals surface area contributed by atoms with Gasteiger partial charge in [0.15, 0.2) is 5.78 Å². The summed E-state index contributed by atoms with van der Waals surface area (Å²) in [6, 6.07) is 5.08. The molecule has 0 fully saturated rings. The first kappa shape index (κ1) is 14.2.